The van der Waals surface area contributed by atoms with Gasteiger partial charge in [-0.25, -0.2) is 4.98 Å². The van der Waals surface area contributed by atoms with Crippen molar-refractivity contribution in [2.24, 2.45) is 0 Å². The van der Waals surface area contributed by atoms with E-state index in [0.29, 0.717) is 0 Å². The lowest BCUT2D eigenvalue weighted by atomic mass is 9.92. The first-order valence-corrected chi connectivity index (χ1v) is 21.1. The predicted molar refractivity (Wildman–Crippen MR) is 237 cm³/mol. The normalized spacial score (nSPS) is 12.1. The van der Waals surface area contributed by atoms with Crippen LogP contribution in [0.15, 0.2) is 194 Å². The standard InChI is InChI=1S/C51H32NOPS/c53-54(36-13-3-1-4-14-36,37-15-5-2-6-16-37)38-27-23-33(24-28-38)34-25-30-44-47(32-34)52-50(51-49(44)45-21-11-12-22-48(45)55-51)35-26-29-43-41-19-8-7-17-39(41)40-18-9-10-20-42(40)46(43)31-35/h1-32H. The molecule has 2 nitrogen and oxygen atoms in total. The Morgan fingerprint density at radius 3 is 1.49 bits per heavy atom. The van der Waals surface area contributed by atoms with E-state index < -0.39 is 7.14 Å². The Balaban J connectivity index is 1.10. The molecule has 0 aliphatic heterocycles. The smallest absolute Gasteiger partial charge is 0.171 e. The third-order valence-electron chi connectivity index (χ3n) is 11.1. The molecule has 2 heterocycles. The number of hydrogen-bond donors (Lipinski definition) is 0. The number of fused-ring (bicyclic) bond motifs is 11. The van der Waals surface area contributed by atoms with Gasteiger partial charge in [-0.3, -0.25) is 0 Å². The van der Waals surface area contributed by atoms with Crippen LogP contribution in [-0.2, 0) is 4.57 Å². The number of aromatic nitrogens is 1. The molecule has 2 aromatic heterocycles. The van der Waals surface area contributed by atoms with Crippen LogP contribution in [0.5, 0.6) is 0 Å². The second-order valence-corrected chi connectivity index (χ2v) is 18.0. The Labute approximate surface area is 322 Å². The van der Waals surface area contributed by atoms with Gasteiger partial charge in [-0.2, -0.15) is 0 Å². The van der Waals surface area contributed by atoms with E-state index in [0.717, 1.165) is 49.2 Å². The minimum atomic E-state index is -3.07. The molecule has 4 heteroatoms. The number of benzene rings is 9. The highest BCUT2D eigenvalue weighted by molar-refractivity contribution is 7.85. The third-order valence-corrected chi connectivity index (χ3v) is 15.4. The molecule has 0 aliphatic rings. The molecule has 0 aliphatic carbocycles. The Hall–Kier alpha value is -6.38. The monoisotopic (exact) mass is 737 g/mol. The van der Waals surface area contributed by atoms with Crippen molar-refractivity contribution < 1.29 is 4.57 Å². The van der Waals surface area contributed by atoms with E-state index >= 15 is 4.57 Å². The Bertz CT molecular complexity index is 3260. The Morgan fingerprint density at radius 2 is 0.855 bits per heavy atom. The second kappa shape index (κ2) is 12.6. The van der Waals surface area contributed by atoms with E-state index in [1.807, 2.05) is 84.1 Å². The fourth-order valence-electron chi connectivity index (χ4n) is 8.50. The number of nitrogens with zero attached hydrogens (tertiary/aromatic N) is 1. The van der Waals surface area contributed by atoms with Gasteiger partial charge in [-0.15, -0.1) is 11.3 Å². The van der Waals surface area contributed by atoms with E-state index in [1.54, 1.807) is 0 Å². The topological polar surface area (TPSA) is 30.0 Å². The van der Waals surface area contributed by atoms with Crippen molar-refractivity contribution in [1.29, 1.82) is 0 Å². The van der Waals surface area contributed by atoms with Gasteiger partial charge in [-0.05, 0) is 61.6 Å². The zero-order chi connectivity index (χ0) is 36.5. The molecule has 0 fully saturated rings. The maximum atomic E-state index is 15.0. The molecule has 0 saturated carbocycles. The molecule has 0 atom stereocenters. The molecule has 0 saturated heterocycles. The van der Waals surface area contributed by atoms with Crippen LogP contribution in [0.2, 0.25) is 0 Å². The summed E-state index contributed by atoms with van der Waals surface area (Å²) < 4.78 is 17.5. The highest BCUT2D eigenvalue weighted by Gasteiger charge is 2.29. The lowest BCUT2D eigenvalue weighted by Gasteiger charge is -2.20. The first-order valence-electron chi connectivity index (χ1n) is 18.6. The fourth-order valence-corrected chi connectivity index (χ4v) is 12.4. The Kier molecular flexibility index (Phi) is 7.35. The van der Waals surface area contributed by atoms with Crippen molar-refractivity contribution >= 4 is 97.8 Å². The zero-order valence-electron chi connectivity index (χ0n) is 29.7. The summed E-state index contributed by atoms with van der Waals surface area (Å²) in [5.41, 5.74) is 5.19. The van der Waals surface area contributed by atoms with Crippen molar-refractivity contribution in [1.82, 2.24) is 4.98 Å². The minimum Gasteiger partial charge on any atom is -0.309 e. The first-order chi connectivity index (χ1) is 27.1. The van der Waals surface area contributed by atoms with Crippen molar-refractivity contribution in [3.05, 3.63) is 194 Å². The molecule has 0 bridgehead atoms. The molecule has 11 aromatic rings. The van der Waals surface area contributed by atoms with Gasteiger partial charge in [0.05, 0.1) is 15.9 Å². The van der Waals surface area contributed by atoms with Crippen LogP contribution in [0, 0.1) is 0 Å². The van der Waals surface area contributed by atoms with Gasteiger partial charge in [0.15, 0.2) is 7.14 Å². The van der Waals surface area contributed by atoms with E-state index in [9.17, 15) is 0 Å². The van der Waals surface area contributed by atoms with Crippen LogP contribution < -0.4 is 15.9 Å². The summed E-state index contributed by atoms with van der Waals surface area (Å²) >= 11 is 1.82. The third kappa shape index (κ3) is 5.01. The van der Waals surface area contributed by atoms with Crippen LogP contribution in [-0.4, -0.2) is 4.98 Å². The number of pyridine rings is 1. The van der Waals surface area contributed by atoms with E-state index in [-0.39, 0.29) is 0 Å². The van der Waals surface area contributed by atoms with Gasteiger partial charge in [0, 0.05) is 42.3 Å². The maximum Gasteiger partial charge on any atom is 0.171 e. The van der Waals surface area contributed by atoms with Crippen LogP contribution >= 0.6 is 18.5 Å². The summed E-state index contributed by atoms with van der Waals surface area (Å²) in [6.45, 7) is 0. The van der Waals surface area contributed by atoms with Crippen LogP contribution in [0.4, 0.5) is 0 Å². The highest BCUT2D eigenvalue weighted by Crippen LogP contribution is 2.46. The number of rotatable bonds is 5. The van der Waals surface area contributed by atoms with Gasteiger partial charge in [0.1, 0.15) is 0 Å². The van der Waals surface area contributed by atoms with Gasteiger partial charge in [0.25, 0.3) is 0 Å². The summed E-state index contributed by atoms with van der Waals surface area (Å²) in [5.74, 6) is 0. The second-order valence-electron chi connectivity index (χ2n) is 14.2. The van der Waals surface area contributed by atoms with Gasteiger partial charge in [-0.1, -0.05) is 176 Å². The van der Waals surface area contributed by atoms with Crippen LogP contribution in [0.1, 0.15) is 0 Å². The van der Waals surface area contributed by atoms with Crippen LogP contribution in [0.3, 0.4) is 0 Å². The molecule has 55 heavy (non-hydrogen) atoms. The highest BCUT2D eigenvalue weighted by atomic mass is 32.1. The Morgan fingerprint density at radius 1 is 0.382 bits per heavy atom. The number of hydrogen-bond acceptors (Lipinski definition) is 3. The van der Waals surface area contributed by atoms with Gasteiger partial charge >= 0.3 is 0 Å². The van der Waals surface area contributed by atoms with Crippen molar-refractivity contribution in [2.45, 2.75) is 0 Å². The largest absolute Gasteiger partial charge is 0.309 e. The molecule has 9 aromatic carbocycles. The van der Waals surface area contributed by atoms with Crippen LogP contribution in [0.25, 0.3) is 85.8 Å². The molecule has 0 spiro atoms. The van der Waals surface area contributed by atoms with E-state index in [1.165, 1.54) is 52.5 Å². The first kappa shape index (κ1) is 32.1. The zero-order valence-corrected chi connectivity index (χ0v) is 31.4. The molecule has 0 radical (unpaired) electrons. The van der Waals surface area contributed by atoms with Gasteiger partial charge in [0.2, 0.25) is 0 Å². The van der Waals surface area contributed by atoms with Crippen molar-refractivity contribution in [3.63, 3.8) is 0 Å². The summed E-state index contributed by atoms with van der Waals surface area (Å²) in [6.07, 6.45) is 0. The summed E-state index contributed by atoms with van der Waals surface area (Å²) in [6, 6.07) is 67.7. The van der Waals surface area contributed by atoms with Crippen molar-refractivity contribution in [2.75, 3.05) is 0 Å². The average molecular weight is 738 g/mol. The SMILES string of the molecule is O=P(c1ccccc1)(c1ccccc1)c1ccc(-c2ccc3c(c2)nc(-c2ccc4c5ccccc5c5ccccc5c4c2)c2sc4ccccc4c23)cc1. The molecular formula is C51H32NOPS. The van der Waals surface area contributed by atoms with Crippen molar-refractivity contribution in [3.8, 4) is 22.4 Å². The predicted octanol–water partition coefficient (Wildman–Crippen LogP) is 13.0. The summed E-state index contributed by atoms with van der Waals surface area (Å²) in [5, 5.41) is 13.7. The maximum absolute atomic E-state index is 15.0. The van der Waals surface area contributed by atoms with E-state index in [4.69, 9.17) is 4.98 Å². The number of thiophene rings is 1. The average Bonchev–Trinajstić information content (AvgIpc) is 3.66. The van der Waals surface area contributed by atoms with Gasteiger partial charge < -0.3 is 4.57 Å². The van der Waals surface area contributed by atoms with E-state index in [2.05, 4.69) is 121 Å². The quantitative estimate of drug-likeness (QED) is 0.130. The molecule has 0 unspecified atom stereocenters. The lowest BCUT2D eigenvalue weighted by molar-refractivity contribution is 0.592. The lowest BCUT2D eigenvalue weighted by Crippen LogP contribution is -2.24. The molecule has 0 N–H and O–H groups in total. The minimum absolute atomic E-state index is 0.818. The molecule has 11 rings (SSSR count). The fraction of sp³-hybridized carbons (Fsp3) is 0. The summed E-state index contributed by atoms with van der Waals surface area (Å²) in [7, 11) is -3.07. The molecular weight excluding hydrogens is 706 g/mol. The molecule has 258 valence electrons. The summed E-state index contributed by atoms with van der Waals surface area (Å²) in [4.78, 5) is 5.51. The molecule has 0 amide bonds.